The number of nitriles is 1. The number of rotatable bonds is 4. The van der Waals surface area contributed by atoms with Crippen LogP contribution in [0, 0.1) is 11.3 Å². The fourth-order valence-corrected chi connectivity index (χ4v) is 3.49. The van der Waals surface area contributed by atoms with Crippen molar-refractivity contribution >= 4 is 28.8 Å². The first-order valence-corrected chi connectivity index (χ1v) is 9.17. The van der Waals surface area contributed by atoms with E-state index in [-0.39, 0.29) is 0 Å². The molecule has 0 saturated carbocycles. The van der Waals surface area contributed by atoms with Crippen molar-refractivity contribution in [3.63, 3.8) is 0 Å². The first-order valence-electron chi connectivity index (χ1n) is 8.38. The molecule has 1 heterocycles. The molecule has 1 aliphatic heterocycles. The minimum atomic E-state index is 0.305. The number of ether oxygens (including phenoxy) is 1. The van der Waals surface area contributed by atoms with Crippen LogP contribution in [0.1, 0.15) is 36.0 Å². The molecule has 0 N–H and O–H groups in total. The average Bonchev–Trinajstić information content (AvgIpc) is 2.67. The summed E-state index contributed by atoms with van der Waals surface area (Å²) in [4.78, 5) is 3.09. The Morgan fingerprint density at radius 1 is 1.16 bits per heavy atom. The zero-order chi connectivity index (χ0) is 17.6. The maximum absolute atomic E-state index is 9.14. The number of piperidine rings is 1. The van der Waals surface area contributed by atoms with Crippen molar-refractivity contribution in [1.82, 2.24) is 4.90 Å². The van der Waals surface area contributed by atoms with Crippen LogP contribution in [-0.4, -0.2) is 23.0 Å². The van der Waals surface area contributed by atoms with Gasteiger partial charge in [-0.1, -0.05) is 42.0 Å². The zero-order valence-electron chi connectivity index (χ0n) is 13.9. The lowest BCUT2D eigenvalue weighted by molar-refractivity contribution is 0.306. The van der Waals surface area contributed by atoms with E-state index in [1.807, 2.05) is 36.4 Å². The standard InChI is InChI=1S/C20H19ClN2OS/c21-18-12-15(20(25)23-10-4-1-5-11-23)8-9-19(18)24-14-17-7-3-2-6-16(17)13-22/h2-3,6-9,12H,1,4-5,10-11,14H2. The third-order valence-corrected chi connectivity index (χ3v) is 5.13. The van der Waals surface area contributed by atoms with Gasteiger partial charge in [-0.3, -0.25) is 0 Å². The van der Waals surface area contributed by atoms with Crippen LogP contribution in [0.15, 0.2) is 42.5 Å². The van der Waals surface area contributed by atoms with Crippen molar-refractivity contribution < 1.29 is 4.74 Å². The van der Waals surface area contributed by atoms with Crippen molar-refractivity contribution in [2.24, 2.45) is 0 Å². The lowest BCUT2D eigenvalue weighted by Gasteiger charge is -2.29. The maximum Gasteiger partial charge on any atom is 0.138 e. The Balaban J connectivity index is 1.69. The van der Waals surface area contributed by atoms with Crippen LogP contribution in [0.2, 0.25) is 5.02 Å². The monoisotopic (exact) mass is 370 g/mol. The lowest BCUT2D eigenvalue weighted by atomic mass is 10.1. The first kappa shape index (κ1) is 17.7. The van der Waals surface area contributed by atoms with Gasteiger partial charge in [0.25, 0.3) is 0 Å². The molecular formula is C20H19ClN2OS. The summed E-state index contributed by atoms with van der Waals surface area (Å²) in [5.41, 5.74) is 2.40. The smallest absolute Gasteiger partial charge is 0.138 e. The molecule has 25 heavy (non-hydrogen) atoms. The topological polar surface area (TPSA) is 36.3 Å². The van der Waals surface area contributed by atoms with Gasteiger partial charge in [-0.2, -0.15) is 5.26 Å². The fourth-order valence-electron chi connectivity index (χ4n) is 2.94. The molecule has 0 bridgehead atoms. The number of benzene rings is 2. The van der Waals surface area contributed by atoms with E-state index in [9.17, 15) is 0 Å². The molecule has 2 aromatic rings. The van der Waals surface area contributed by atoms with E-state index >= 15 is 0 Å². The summed E-state index contributed by atoms with van der Waals surface area (Å²) in [7, 11) is 0. The predicted octanol–water partition coefficient (Wildman–Crippen LogP) is 4.95. The van der Waals surface area contributed by atoms with E-state index in [2.05, 4.69) is 11.0 Å². The van der Waals surface area contributed by atoms with Gasteiger partial charge in [0.15, 0.2) is 0 Å². The Labute approximate surface area is 158 Å². The minimum absolute atomic E-state index is 0.305. The highest BCUT2D eigenvalue weighted by molar-refractivity contribution is 7.80. The van der Waals surface area contributed by atoms with Gasteiger partial charge < -0.3 is 9.64 Å². The highest BCUT2D eigenvalue weighted by atomic mass is 35.5. The van der Waals surface area contributed by atoms with E-state index in [1.165, 1.54) is 19.3 Å². The van der Waals surface area contributed by atoms with Gasteiger partial charge in [0.05, 0.1) is 16.7 Å². The summed E-state index contributed by atoms with van der Waals surface area (Å²) in [5, 5.41) is 9.67. The van der Waals surface area contributed by atoms with Crippen LogP contribution in [0.25, 0.3) is 0 Å². The molecule has 3 rings (SSSR count). The molecule has 1 fully saturated rings. The van der Waals surface area contributed by atoms with Crippen LogP contribution in [0.4, 0.5) is 0 Å². The molecule has 0 aliphatic carbocycles. The van der Waals surface area contributed by atoms with Crippen molar-refractivity contribution in [2.75, 3.05) is 13.1 Å². The SMILES string of the molecule is N#Cc1ccccc1COc1ccc(C(=S)N2CCCCC2)cc1Cl. The molecule has 1 saturated heterocycles. The second-order valence-corrected chi connectivity index (χ2v) is 6.85. The highest BCUT2D eigenvalue weighted by Gasteiger charge is 2.16. The average molecular weight is 371 g/mol. The van der Waals surface area contributed by atoms with E-state index < -0.39 is 0 Å². The molecule has 2 aromatic carbocycles. The van der Waals surface area contributed by atoms with Crippen molar-refractivity contribution in [3.05, 3.63) is 64.2 Å². The Kier molecular flexibility index (Phi) is 5.91. The number of hydrogen-bond acceptors (Lipinski definition) is 3. The van der Waals surface area contributed by atoms with Crippen LogP contribution >= 0.6 is 23.8 Å². The van der Waals surface area contributed by atoms with Crippen molar-refractivity contribution in [2.45, 2.75) is 25.9 Å². The summed E-state index contributed by atoms with van der Waals surface area (Å²) in [6.45, 7) is 2.33. The van der Waals surface area contributed by atoms with Crippen LogP contribution in [0.3, 0.4) is 0 Å². The van der Waals surface area contributed by atoms with Gasteiger partial charge in [-0.15, -0.1) is 0 Å². The highest BCUT2D eigenvalue weighted by Crippen LogP contribution is 2.28. The zero-order valence-corrected chi connectivity index (χ0v) is 15.4. The van der Waals surface area contributed by atoms with Gasteiger partial charge in [-0.25, -0.2) is 0 Å². The largest absolute Gasteiger partial charge is 0.487 e. The number of nitrogens with zero attached hydrogens (tertiary/aromatic N) is 2. The lowest BCUT2D eigenvalue weighted by Crippen LogP contribution is -2.34. The molecule has 0 radical (unpaired) electrons. The van der Waals surface area contributed by atoms with Gasteiger partial charge >= 0.3 is 0 Å². The summed E-state index contributed by atoms with van der Waals surface area (Å²) in [6, 6.07) is 15.2. The van der Waals surface area contributed by atoms with Crippen LogP contribution in [0.5, 0.6) is 5.75 Å². The summed E-state index contributed by atoms with van der Waals surface area (Å²) < 4.78 is 5.81. The van der Waals surface area contributed by atoms with Crippen LogP contribution < -0.4 is 4.74 Å². The maximum atomic E-state index is 9.14. The van der Waals surface area contributed by atoms with Gasteiger partial charge in [-0.05, 0) is 43.5 Å². The van der Waals surface area contributed by atoms with E-state index in [4.69, 9.17) is 33.8 Å². The summed E-state index contributed by atoms with van der Waals surface area (Å²) in [5.74, 6) is 0.597. The molecule has 0 amide bonds. The molecular weight excluding hydrogens is 352 g/mol. The predicted molar refractivity (Wildman–Crippen MR) is 104 cm³/mol. The van der Waals surface area contributed by atoms with E-state index in [0.29, 0.717) is 22.9 Å². The van der Waals surface area contributed by atoms with Gasteiger partial charge in [0, 0.05) is 24.2 Å². The van der Waals surface area contributed by atoms with Crippen molar-refractivity contribution in [1.29, 1.82) is 5.26 Å². The second-order valence-electron chi connectivity index (χ2n) is 6.06. The Morgan fingerprint density at radius 3 is 2.64 bits per heavy atom. The third-order valence-electron chi connectivity index (χ3n) is 4.34. The van der Waals surface area contributed by atoms with Gasteiger partial charge in [0.2, 0.25) is 0 Å². The molecule has 128 valence electrons. The molecule has 0 aromatic heterocycles. The quantitative estimate of drug-likeness (QED) is 0.713. The van der Waals surface area contributed by atoms with E-state index in [1.54, 1.807) is 6.07 Å². The van der Waals surface area contributed by atoms with Crippen molar-refractivity contribution in [3.8, 4) is 11.8 Å². The van der Waals surface area contributed by atoms with E-state index in [0.717, 1.165) is 29.2 Å². The minimum Gasteiger partial charge on any atom is -0.487 e. The second kappa shape index (κ2) is 8.33. The summed E-state index contributed by atoms with van der Waals surface area (Å²) >= 11 is 12.0. The first-order chi connectivity index (χ1) is 12.2. The number of halogens is 1. The number of thiocarbonyl (C=S) groups is 1. The van der Waals surface area contributed by atoms with Gasteiger partial charge in [0.1, 0.15) is 17.3 Å². The molecule has 1 aliphatic rings. The Bertz CT molecular complexity index is 810. The number of hydrogen-bond donors (Lipinski definition) is 0. The molecule has 0 atom stereocenters. The molecule has 5 heteroatoms. The fraction of sp³-hybridized carbons (Fsp3) is 0.300. The molecule has 3 nitrogen and oxygen atoms in total. The Morgan fingerprint density at radius 2 is 1.92 bits per heavy atom. The molecule has 0 spiro atoms. The summed E-state index contributed by atoms with van der Waals surface area (Å²) in [6.07, 6.45) is 3.65. The Hall–Kier alpha value is -2.09. The van der Waals surface area contributed by atoms with Crippen LogP contribution in [-0.2, 0) is 6.61 Å². The third kappa shape index (κ3) is 4.31. The normalized spacial score (nSPS) is 14.0. The molecule has 0 unspecified atom stereocenters. The number of likely N-dealkylation sites (tertiary alicyclic amines) is 1.